The van der Waals surface area contributed by atoms with Gasteiger partial charge in [0.1, 0.15) is 0 Å². The lowest BCUT2D eigenvalue weighted by Gasteiger charge is -2.43. The molecule has 4 heteroatoms. The van der Waals surface area contributed by atoms with Crippen LogP contribution >= 0.6 is 0 Å². The molecule has 1 heterocycles. The van der Waals surface area contributed by atoms with Crippen molar-refractivity contribution in [2.24, 2.45) is 0 Å². The Bertz CT molecular complexity index is 222. The summed E-state index contributed by atoms with van der Waals surface area (Å²) < 4.78 is 17.5. The maximum atomic E-state index is 6.14. The molecule has 0 bridgehead atoms. The van der Waals surface area contributed by atoms with Gasteiger partial charge in [0.25, 0.3) is 0 Å². The Morgan fingerprint density at radius 3 is 2.42 bits per heavy atom. The minimum absolute atomic E-state index is 0.128. The molecule has 0 spiro atoms. The summed E-state index contributed by atoms with van der Waals surface area (Å²) in [6, 6.07) is 0.249. The summed E-state index contributed by atoms with van der Waals surface area (Å²) in [4.78, 5) is 0. The molecule has 4 nitrogen and oxygen atoms in total. The van der Waals surface area contributed by atoms with Gasteiger partial charge in [-0.2, -0.15) is 0 Å². The molecular weight excluding hydrogens is 242 g/mol. The Morgan fingerprint density at radius 2 is 1.89 bits per heavy atom. The minimum Gasteiger partial charge on any atom is -0.381 e. The molecule has 0 aromatic heterocycles. The zero-order chi connectivity index (χ0) is 14.1. The molecule has 0 aliphatic carbocycles. The fraction of sp³-hybridized carbons (Fsp3) is 1.00. The van der Waals surface area contributed by atoms with Crippen molar-refractivity contribution in [1.29, 1.82) is 0 Å². The zero-order valence-electron chi connectivity index (χ0n) is 13.0. The van der Waals surface area contributed by atoms with Gasteiger partial charge >= 0.3 is 0 Å². The molecule has 1 fully saturated rings. The third-order valence-corrected chi connectivity index (χ3v) is 3.64. The minimum atomic E-state index is -0.128. The van der Waals surface area contributed by atoms with Crippen LogP contribution in [0.1, 0.15) is 47.0 Å². The normalized spacial score (nSPS) is 20.7. The predicted octanol–water partition coefficient (Wildman–Crippen LogP) is 2.37. The second-order valence-corrected chi connectivity index (χ2v) is 5.50. The lowest BCUT2D eigenvalue weighted by atomic mass is 9.86. The molecule has 1 aliphatic heterocycles. The van der Waals surface area contributed by atoms with Crippen LogP contribution in [0, 0.1) is 0 Å². The van der Waals surface area contributed by atoms with Gasteiger partial charge in [0.05, 0.1) is 24.4 Å². The Morgan fingerprint density at radius 1 is 1.21 bits per heavy atom. The van der Waals surface area contributed by atoms with E-state index in [0.29, 0.717) is 6.61 Å². The van der Waals surface area contributed by atoms with Crippen LogP contribution in [0.15, 0.2) is 0 Å². The first-order valence-electron chi connectivity index (χ1n) is 7.71. The fourth-order valence-corrected chi connectivity index (χ4v) is 2.60. The van der Waals surface area contributed by atoms with E-state index in [1.54, 1.807) is 0 Å². The molecule has 1 atom stereocenters. The molecular formula is C15H31NO3. The van der Waals surface area contributed by atoms with E-state index < -0.39 is 0 Å². The van der Waals surface area contributed by atoms with Crippen LogP contribution in [0.3, 0.4) is 0 Å². The standard InChI is InChI=1S/C15H31NO3/c1-5-9-16-14(12-18-13(3)4)15(19-6-2)7-10-17-11-8-15/h13-14,16H,5-12H2,1-4H3. The zero-order valence-corrected chi connectivity index (χ0v) is 13.0. The van der Waals surface area contributed by atoms with E-state index in [1.165, 1.54) is 0 Å². The molecule has 0 radical (unpaired) electrons. The Labute approximate surface area is 118 Å². The smallest absolute Gasteiger partial charge is 0.0900 e. The van der Waals surface area contributed by atoms with Crippen molar-refractivity contribution in [2.45, 2.75) is 64.7 Å². The van der Waals surface area contributed by atoms with Crippen LogP contribution in [-0.4, -0.2) is 50.7 Å². The summed E-state index contributed by atoms with van der Waals surface area (Å²) in [5.74, 6) is 0. The van der Waals surface area contributed by atoms with Crippen LogP contribution < -0.4 is 5.32 Å². The molecule has 1 aliphatic rings. The molecule has 19 heavy (non-hydrogen) atoms. The van der Waals surface area contributed by atoms with Gasteiger partial charge in [-0.05, 0) is 33.7 Å². The van der Waals surface area contributed by atoms with Crippen molar-refractivity contribution in [2.75, 3.05) is 33.0 Å². The summed E-state index contributed by atoms with van der Waals surface area (Å²) in [6.45, 7) is 12.4. The van der Waals surface area contributed by atoms with E-state index >= 15 is 0 Å². The highest BCUT2D eigenvalue weighted by atomic mass is 16.5. The monoisotopic (exact) mass is 273 g/mol. The molecule has 0 aromatic carbocycles. The van der Waals surface area contributed by atoms with E-state index in [0.717, 1.165) is 45.6 Å². The van der Waals surface area contributed by atoms with Crippen LogP contribution in [0.25, 0.3) is 0 Å². The highest BCUT2D eigenvalue weighted by Gasteiger charge is 2.41. The maximum absolute atomic E-state index is 6.14. The quantitative estimate of drug-likeness (QED) is 0.700. The SMILES string of the molecule is CCCNC(COC(C)C)C1(OCC)CCOCC1. The van der Waals surface area contributed by atoms with Crippen molar-refractivity contribution in [1.82, 2.24) is 5.32 Å². The molecule has 1 saturated heterocycles. The summed E-state index contributed by atoms with van der Waals surface area (Å²) in [5, 5.41) is 3.61. The van der Waals surface area contributed by atoms with Crippen molar-refractivity contribution < 1.29 is 14.2 Å². The topological polar surface area (TPSA) is 39.7 Å². The van der Waals surface area contributed by atoms with Crippen LogP contribution in [-0.2, 0) is 14.2 Å². The van der Waals surface area contributed by atoms with Crippen molar-refractivity contribution in [3.05, 3.63) is 0 Å². The van der Waals surface area contributed by atoms with E-state index in [1.807, 2.05) is 0 Å². The van der Waals surface area contributed by atoms with E-state index in [9.17, 15) is 0 Å². The maximum Gasteiger partial charge on any atom is 0.0900 e. The summed E-state index contributed by atoms with van der Waals surface area (Å²) in [5.41, 5.74) is -0.128. The summed E-state index contributed by atoms with van der Waals surface area (Å²) in [7, 11) is 0. The molecule has 0 aromatic rings. The number of hydrogen-bond donors (Lipinski definition) is 1. The van der Waals surface area contributed by atoms with Crippen LogP contribution in [0.4, 0.5) is 0 Å². The lowest BCUT2D eigenvalue weighted by molar-refractivity contribution is -0.140. The third-order valence-electron chi connectivity index (χ3n) is 3.64. The number of ether oxygens (including phenoxy) is 3. The van der Waals surface area contributed by atoms with Gasteiger partial charge in [0, 0.05) is 32.7 Å². The largest absolute Gasteiger partial charge is 0.381 e. The van der Waals surface area contributed by atoms with Gasteiger partial charge in [-0.15, -0.1) is 0 Å². The highest BCUT2D eigenvalue weighted by Crippen LogP contribution is 2.29. The molecule has 1 N–H and O–H groups in total. The van der Waals surface area contributed by atoms with Gasteiger partial charge < -0.3 is 19.5 Å². The van der Waals surface area contributed by atoms with E-state index in [-0.39, 0.29) is 17.7 Å². The fourth-order valence-electron chi connectivity index (χ4n) is 2.60. The summed E-state index contributed by atoms with van der Waals surface area (Å²) >= 11 is 0. The Kier molecular flexibility index (Phi) is 7.91. The van der Waals surface area contributed by atoms with Gasteiger partial charge in [-0.3, -0.25) is 0 Å². The molecule has 0 saturated carbocycles. The van der Waals surface area contributed by atoms with Crippen molar-refractivity contribution in [3.63, 3.8) is 0 Å². The second-order valence-electron chi connectivity index (χ2n) is 5.50. The lowest BCUT2D eigenvalue weighted by Crippen LogP contribution is -2.58. The number of hydrogen-bond acceptors (Lipinski definition) is 4. The first-order chi connectivity index (χ1) is 9.14. The van der Waals surface area contributed by atoms with E-state index in [4.69, 9.17) is 14.2 Å². The molecule has 114 valence electrons. The van der Waals surface area contributed by atoms with Crippen molar-refractivity contribution in [3.8, 4) is 0 Å². The van der Waals surface area contributed by atoms with Crippen molar-refractivity contribution >= 4 is 0 Å². The predicted molar refractivity (Wildman–Crippen MR) is 77.6 cm³/mol. The van der Waals surface area contributed by atoms with E-state index in [2.05, 4.69) is 33.0 Å². The van der Waals surface area contributed by atoms with Gasteiger partial charge in [-0.1, -0.05) is 6.92 Å². The first kappa shape index (κ1) is 16.9. The molecule has 1 rings (SSSR count). The third kappa shape index (κ3) is 5.38. The van der Waals surface area contributed by atoms with Crippen LogP contribution in [0.5, 0.6) is 0 Å². The Balaban J connectivity index is 2.69. The number of nitrogens with one attached hydrogen (secondary N) is 1. The molecule has 1 unspecified atom stereocenters. The second kappa shape index (κ2) is 8.90. The van der Waals surface area contributed by atoms with Crippen LogP contribution in [0.2, 0.25) is 0 Å². The average molecular weight is 273 g/mol. The summed E-state index contributed by atoms with van der Waals surface area (Å²) in [6.07, 6.45) is 3.27. The highest BCUT2D eigenvalue weighted by molar-refractivity contribution is 4.95. The number of rotatable bonds is 9. The molecule has 0 amide bonds. The average Bonchev–Trinajstić information content (AvgIpc) is 2.39. The Hall–Kier alpha value is -0.160. The van der Waals surface area contributed by atoms with Gasteiger partial charge in [-0.25, -0.2) is 0 Å². The van der Waals surface area contributed by atoms with Gasteiger partial charge in [0.15, 0.2) is 0 Å². The van der Waals surface area contributed by atoms with Gasteiger partial charge in [0.2, 0.25) is 0 Å². The first-order valence-corrected chi connectivity index (χ1v) is 7.71.